The van der Waals surface area contributed by atoms with Gasteiger partial charge < -0.3 is 10.1 Å². The third-order valence-corrected chi connectivity index (χ3v) is 4.96. The Kier molecular flexibility index (Phi) is 7.12. The predicted octanol–water partition coefficient (Wildman–Crippen LogP) is 3.81. The Hall–Kier alpha value is -3.13. The van der Waals surface area contributed by atoms with E-state index in [0.717, 1.165) is 4.57 Å². The number of nitrogens with one attached hydrogen (secondary N) is 1. The number of benzene rings is 2. The van der Waals surface area contributed by atoms with Gasteiger partial charge in [0.25, 0.3) is 0 Å². The smallest absolute Gasteiger partial charge is 0.355 e. The van der Waals surface area contributed by atoms with Gasteiger partial charge >= 0.3 is 11.4 Å². The molecule has 0 saturated carbocycles. The average Bonchev–Trinajstić information content (AvgIpc) is 2.71. The summed E-state index contributed by atoms with van der Waals surface area (Å²) in [5.74, 6) is 0.816. The van der Waals surface area contributed by atoms with Crippen molar-refractivity contribution in [1.82, 2.24) is 14.1 Å². The first-order chi connectivity index (χ1) is 14.8. The average molecular weight is 531 g/mol. The molecule has 8 nitrogen and oxygen atoms in total. The Bertz CT molecular complexity index is 1220. The number of hydrogen-bond donors (Lipinski definition) is 1. The first kappa shape index (κ1) is 22.6. The Labute approximate surface area is 193 Å². The van der Waals surface area contributed by atoms with Crippen LogP contribution in [-0.4, -0.2) is 20.2 Å². The summed E-state index contributed by atoms with van der Waals surface area (Å²) in [5, 5.41) is 12.5. The number of nitrogens with zero attached hydrogens (tertiary/aromatic N) is 4. The third-order valence-electron chi connectivity index (χ3n) is 4.40. The van der Waals surface area contributed by atoms with Gasteiger partial charge in [-0.05, 0) is 56.7 Å². The Morgan fingerprint density at radius 1 is 1.13 bits per heavy atom. The largest absolute Gasteiger partial charge is 0.491 e. The standard InChI is InChI=1S/C22H22IN5O3/c1-14(2)31-19-10-8-18(9-11-19)25-20-26-21(29)28(15(3)23)22(30)27(20)13-17-7-5-4-6-16(17)12-24/h4-11,14-15H,13H2,1-3H3,(H,25,26,29). The lowest BCUT2D eigenvalue weighted by Gasteiger charge is -2.17. The van der Waals surface area contributed by atoms with Gasteiger partial charge in [-0.2, -0.15) is 10.2 Å². The molecule has 0 saturated heterocycles. The van der Waals surface area contributed by atoms with Crippen LogP contribution >= 0.6 is 22.6 Å². The second kappa shape index (κ2) is 9.78. The highest BCUT2D eigenvalue weighted by Gasteiger charge is 2.17. The molecule has 3 aromatic rings. The summed E-state index contributed by atoms with van der Waals surface area (Å²) < 4.78 is 7.71. The Morgan fingerprint density at radius 2 is 1.81 bits per heavy atom. The van der Waals surface area contributed by atoms with Crippen LogP contribution in [-0.2, 0) is 6.54 Å². The predicted molar refractivity (Wildman–Crippen MR) is 127 cm³/mol. The summed E-state index contributed by atoms with van der Waals surface area (Å²) in [7, 11) is 0. The molecule has 160 valence electrons. The highest BCUT2D eigenvalue weighted by atomic mass is 127. The van der Waals surface area contributed by atoms with Crippen molar-refractivity contribution in [2.75, 3.05) is 5.32 Å². The van der Waals surface area contributed by atoms with Gasteiger partial charge in [-0.15, -0.1) is 0 Å². The third kappa shape index (κ3) is 5.32. The lowest BCUT2D eigenvalue weighted by Crippen LogP contribution is -2.43. The number of aromatic nitrogens is 3. The van der Waals surface area contributed by atoms with Crippen molar-refractivity contribution in [3.8, 4) is 11.8 Å². The topological polar surface area (TPSA) is 102 Å². The highest BCUT2D eigenvalue weighted by Crippen LogP contribution is 2.20. The van der Waals surface area contributed by atoms with Crippen LogP contribution in [0.1, 0.15) is 35.9 Å². The molecule has 0 fully saturated rings. The lowest BCUT2D eigenvalue weighted by atomic mass is 10.1. The fourth-order valence-corrected chi connectivity index (χ4v) is 3.48. The fourth-order valence-electron chi connectivity index (χ4n) is 3.01. The summed E-state index contributed by atoms with van der Waals surface area (Å²) in [4.78, 5) is 29.8. The van der Waals surface area contributed by atoms with E-state index >= 15 is 0 Å². The molecule has 1 N–H and O–H groups in total. The van der Waals surface area contributed by atoms with E-state index in [1.165, 1.54) is 4.57 Å². The fraction of sp³-hybridized carbons (Fsp3) is 0.273. The van der Waals surface area contributed by atoms with E-state index in [4.69, 9.17) is 4.74 Å². The molecule has 0 radical (unpaired) electrons. The van der Waals surface area contributed by atoms with Gasteiger partial charge in [-0.1, -0.05) is 40.8 Å². The van der Waals surface area contributed by atoms with Crippen LogP contribution in [0.5, 0.6) is 5.75 Å². The minimum atomic E-state index is -0.640. The molecule has 0 spiro atoms. The molecular formula is C22H22IN5O3. The monoisotopic (exact) mass is 531 g/mol. The van der Waals surface area contributed by atoms with Crippen LogP contribution in [0.25, 0.3) is 0 Å². The van der Waals surface area contributed by atoms with E-state index in [0.29, 0.717) is 22.6 Å². The van der Waals surface area contributed by atoms with Gasteiger partial charge in [0, 0.05) is 5.69 Å². The first-order valence-electron chi connectivity index (χ1n) is 9.69. The van der Waals surface area contributed by atoms with E-state index in [1.54, 1.807) is 55.5 Å². The summed E-state index contributed by atoms with van der Waals surface area (Å²) >= 11 is 1.99. The molecular weight excluding hydrogens is 509 g/mol. The molecule has 2 aromatic carbocycles. The van der Waals surface area contributed by atoms with E-state index in [2.05, 4.69) is 16.4 Å². The van der Waals surface area contributed by atoms with E-state index in [9.17, 15) is 14.9 Å². The van der Waals surface area contributed by atoms with E-state index in [-0.39, 0.29) is 22.6 Å². The van der Waals surface area contributed by atoms with Crippen molar-refractivity contribution >= 4 is 34.2 Å². The minimum absolute atomic E-state index is 0.0497. The van der Waals surface area contributed by atoms with Gasteiger partial charge in [-0.25, -0.2) is 14.2 Å². The number of anilines is 2. The van der Waals surface area contributed by atoms with Crippen molar-refractivity contribution in [1.29, 1.82) is 5.26 Å². The number of halogens is 1. The lowest BCUT2D eigenvalue weighted by molar-refractivity contribution is 0.242. The number of rotatable bonds is 7. The van der Waals surface area contributed by atoms with Crippen molar-refractivity contribution in [2.45, 2.75) is 37.5 Å². The molecule has 1 atom stereocenters. The zero-order valence-electron chi connectivity index (χ0n) is 17.4. The SMILES string of the molecule is CC(C)Oc1ccc(Nc2nc(=O)n(C(C)I)c(=O)n2Cc2ccccc2C#N)cc1. The first-order valence-corrected chi connectivity index (χ1v) is 10.9. The molecule has 0 bridgehead atoms. The Balaban J connectivity index is 2.06. The maximum atomic E-state index is 13.2. The van der Waals surface area contributed by atoms with E-state index in [1.807, 2.05) is 36.4 Å². The van der Waals surface area contributed by atoms with Crippen molar-refractivity contribution in [2.24, 2.45) is 0 Å². The molecule has 0 amide bonds. The molecule has 0 aliphatic carbocycles. The number of alkyl halides is 1. The van der Waals surface area contributed by atoms with Gasteiger partial charge in [0.2, 0.25) is 5.95 Å². The van der Waals surface area contributed by atoms with Gasteiger partial charge in [0.1, 0.15) is 5.75 Å². The molecule has 0 aliphatic heterocycles. The maximum absolute atomic E-state index is 13.2. The molecule has 1 unspecified atom stereocenters. The van der Waals surface area contributed by atoms with Crippen LogP contribution in [0, 0.1) is 11.3 Å². The summed E-state index contributed by atoms with van der Waals surface area (Å²) in [5.41, 5.74) is 0.612. The van der Waals surface area contributed by atoms with Gasteiger partial charge in [0.05, 0.1) is 28.3 Å². The van der Waals surface area contributed by atoms with Crippen molar-refractivity contribution in [3.05, 3.63) is 80.6 Å². The normalized spacial score (nSPS) is 11.7. The van der Waals surface area contributed by atoms with Crippen LogP contribution in [0.4, 0.5) is 11.6 Å². The number of ether oxygens (including phenoxy) is 1. The van der Waals surface area contributed by atoms with Gasteiger partial charge in [-0.3, -0.25) is 4.57 Å². The zero-order valence-corrected chi connectivity index (χ0v) is 19.5. The molecule has 9 heteroatoms. The number of nitriles is 1. The molecule has 1 aromatic heterocycles. The second-order valence-electron chi connectivity index (χ2n) is 7.12. The van der Waals surface area contributed by atoms with E-state index < -0.39 is 11.4 Å². The molecule has 3 rings (SSSR count). The summed E-state index contributed by atoms with van der Waals surface area (Å²) in [6, 6.07) is 16.3. The van der Waals surface area contributed by atoms with Crippen molar-refractivity contribution < 1.29 is 4.74 Å². The molecule has 31 heavy (non-hydrogen) atoms. The molecule has 0 aliphatic rings. The maximum Gasteiger partial charge on any atom is 0.355 e. The second-order valence-corrected chi connectivity index (χ2v) is 8.92. The summed E-state index contributed by atoms with van der Waals surface area (Å²) in [6.07, 6.45) is 0.0497. The quantitative estimate of drug-likeness (QED) is 0.368. The number of hydrogen-bond acceptors (Lipinski definition) is 6. The molecule has 1 heterocycles. The minimum Gasteiger partial charge on any atom is -0.491 e. The Morgan fingerprint density at radius 3 is 2.42 bits per heavy atom. The van der Waals surface area contributed by atoms with Gasteiger partial charge in [0.15, 0.2) is 0 Å². The van der Waals surface area contributed by atoms with Crippen LogP contribution in [0.2, 0.25) is 0 Å². The summed E-state index contributed by atoms with van der Waals surface area (Å²) in [6.45, 7) is 5.71. The zero-order chi connectivity index (χ0) is 22.5. The van der Waals surface area contributed by atoms with Crippen LogP contribution < -0.4 is 21.4 Å². The van der Waals surface area contributed by atoms with Crippen molar-refractivity contribution in [3.63, 3.8) is 0 Å². The van der Waals surface area contributed by atoms with Crippen LogP contribution in [0.3, 0.4) is 0 Å². The van der Waals surface area contributed by atoms with Crippen LogP contribution in [0.15, 0.2) is 58.1 Å². The highest BCUT2D eigenvalue weighted by molar-refractivity contribution is 14.1.